The van der Waals surface area contributed by atoms with E-state index in [1.54, 1.807) is 18.1 Å². The van der Waals surface area contributed by atoms with Crippen molar-refractivity contribution in [1.29, 1.82) is 0 Å². The summed E-state index contributed by atoms with van der Waals surface area (Å²) in [6.45, 7) is 2.45. The molecule has 2 heterocycles. The van der Waals surface area contributed by atoms with Crippen LogP contribution in [0.25, 0.3) is 17.1 Å². The highest BCUT2D eigenvalue weighted by atomic mass is 32.2. The number of carbonyl (C=O) groups excluding carboxylic acids is 1. The van der Waals surface area contributed by atoms with Crippen molar-refractivity contribution in [3.05, 3.63) is 89.7 Å². The summed E-state index contributed by atoms with van der Waals surface area (Å²) in [5.74, 6) is 1.39. The molecule has 0 radical (unpaired) electrons. The Morgan fingerprint density at radius 3 is 2.52 bits per heavy atom. The SMILES string of the molecule is COc1ccc(N2C(=O)CS/C2=N\C(=S)NCCc2ccc(-c3ncn(-c4ccc(C(F)(F)F)cc4)n3)cc2)c(C)c1. The second-order valence-electron chi connectivity index (χ2n) is 9.30. The summed E-state index contributed by atoms with van der Waals surface area (Å²) < 4.78 is 45.2. The lowest BCUT2D eigenvalue weighted by atomic mass is 10.1. The van der Waals surface area contributed by atoms with Gasteiger partial charge in [0, 0.05) is 12.1 Å². The van der Waals surface area contributed by atoms with Gasteiger partial charge in [-0.05, 0) is 79.2 Å². The Bertz CT molecular complexity index is 1640. The largest absolute Gasteiger partial charge is 0.497 e. The topological polar surface area (TPSA) is 84.6 Å². The van der Waals surface area contributed by atoms with Crippen LogP contribution in [-0.2, 0) is 17.4 Å². The predicted molar refractivity (Wildman–Crippen MR) is 161 cm³/mol. The molecule has 1 aliphatic rings. The van der Waals surface area contributed by atoms with Crippen molar-refractivity contribution < 1.29 is 22.7 Å². The third-order valence-electron chi connectivity index (χ3n) is 6.46. The quantitative estimate of drug-likeness (QED) is 0.264. The van der Waals surface area contributed by atoms with Crippen LogP contribution >= 0.6 is 24.0 Å². The first kappa shape index (κ1) is 29.3. The highest BCUT2D eigenvalue weighted by Crippen LogP contribution is 2.32. The van der Waals surface area contributed by atoms with Gasteiger partial charge in [-0.15, -0.1) is 5.10 Å². The van der Waals surface area contributed by atoms with Crippen molar-refractivity contribution in [2.75, 3.05) is 24.3 Å². The van der Waals surface area contributed by atoms with Gasteiger partial charge in [0.2, 0.25) is 5.91 Å². The average Bonchev–Trinajstić information content (AvgIpc) is 3.60. The molecule has 1 aliphatic heterocycles. The lowest BCUT2D eigenvalue weighted by molar-refractivity contribution is -0.137. The Morgan fingerprint density at radius 1 is 1.12 bits per heavy atom. The smallest absolute Gasteiger partial charge is 0.416 e. The summed E-state index contributed by atoms with van der Waals surface area (Å²) in [7, 11) is 1.60. The molecule has 0 saturated carbocycles. The van der Waals surface area contributed by atoms with Gasteiger partial charge in [0.05, 0.1) is 29.8 Å². The number of thioether (sulfide) groups is 1. The van der Waals surface area contributed by atoms with Gasteiger partial charge in [-0.3, -0.25) is 9.69 Å². The van der Waals surface area contributed by atoms with Crippen LogP contribution in [0.2, 0.25) is 0 Å². The van der Waals surface area contributed by atoms with E-state index >= 15 is 0 Å². The molecular formula is C29H25F3N6O2S2. The number of hydrogen-bond donors (Lipinski definition) is 1. The number of halogens is 3. The Kier molecular flexibility index (Phi) is 8.59. The van der Waals surface area contributed by atoms with E-state index < -0.39 is 11.7 Å². The number of aromatic nitrogens is 3. The van der Waals surface area contributed by atoms with Gasteiger partial charge in [0.15, 0.2) is 16.1 Å². The van der Waals surface area contributed by atoms with Crippen LogP contribution < -0.4 is 15.0 Å². The van der Waals surface area contributed by atoms with Gasteiger partial charge >= 0.3 is 6.18 Å². The minimum absolute atomic E-state index is 0.0615. The number of nitrogens with one attached hydrogen (secondary N) is 1. The van der Waals surface area contributed by atoms with Crippen molar-refractivity contribution >= 4 is 45.9 Å². The van der Waals surface area contributed by atoms with Crippen LogP contribution in [-0.4, -0.2) is 50.4 Å². The highest BCUT2D eigenvalue weighted by Gasteiger charge is 2.31. The molecule has 5 rings (SSSR count). The lowest BCUT2D eigenvalue weighted by Gasteiger charge is -2.19. The number of anilines is 1. The summed E-state index contributed by atoms with van der Waals surface area (Å²) in [6.07, 6.45) is -2.26. The number of thiocarbonyl (C=S) groups is 1. The molecule has 8 nitrogen and oxygen atoms in total. The zero-order valence-corrected chi connectivity index (χ0v) is 24.2. The predicted octanol–water partition coefficient (Wildman–Crippen LogP) is 5.82. The fraction of sp³-hybridized carbons (Fsp3) is 0.207. The summed E-state index contributed by atoms with van der Waals surface area (Å²) in [4.78, 5) is 23.0. The Labute approximate surface area is 249 Å². The van der Waals surface area contributed by atoms with Crippen LogP contribution in [0.3, 0.4) is 0 Å². The molecule has 0 bridgehead atoms. The number of rotatable bonds is 7. The van der Waals surface area contributed by atoms with E-state index in [1.165, 1.54) is 34.9 Å². The zero-order valence-electron chi connectivity index (χ0n) is 22.6. The van der Waals surface area contributed by atoms with Gasteiger partial charge in [-0.1, -0.05) is 36.0 Å². The molecular weight excluding hydrogens is 585 g/mol. The highest BCUT2D eigenvalue weighted by molar-refractivity contribution is 8.15. The number of amidine groups is 1. The molecule has 0 atom stereocenters. The van der Waals surface area contributed by atoms with Gasteiger partial charge in [0.25, 0.3) is 0 Å². The maximum atomic E-state index is 12.8. The summed E-state index contributed by atoms with van der Waals surface area (Å²) in [5.41, 5.74) is 3.21. The molecule has 4 aromatic rings. The molecule has 1 N–H and O–H groups in total. The Hall–Kier alpha value is -4.23. The van der Waals surface area contributed by atoms with Crippen LogP contribution in [0.1, 0.15) is 16.7 Å². The monoisotopic (exact) mass is 610 g/mol. The zero-order chi connectivity index (χ0) is 29.9. The van der Waals surface area contributed by atoms with Gasteiger partial charge in [-0.2, -0.15) is 18.2 Å². The van der Waals surface area contributed by atoms with Crippen LogP contribution in [0.4, 0.5) is 18.9 Å². The number of benzene rings is 3. The van der Waals surface area contributed by atoms with E-state index in [1.807, 2.05) is 43.3 Å². The van der Waals surface area contributed by atoms with Crippen molar-refractivity contribution in [1.82, 2.24) is 20.1 Å². The third kappa shape index (κ3) is 6.63. The van der Waals surface area contributed by atoms with Gasteiger partial charge in [-0.25, -0.2) is 9.67 Å². The number of amides is 1. The fourth-order valence-electron chi connectivity index (χ4n) is 4.27. The normalized spacial score (nSPS) is 14.5. The number of methoxy groups -OCH3 is 1. The van der Waals surface area contributed by atoms with Crippen LogP contribution in [0.15, 0.2) is 78.0 Å². The fourth-order valence-corrected chi connectivity index (χ4v) is 5.38. The van der Waals surface area contributed by atoms with Gasteiger partial charge in [0.1, 0.15) is 12.1 Å². The van der Waals surface area contributed by atoms with Crippen molar-refractivity contribution in [2.45, 2.75) is 19.5 Å². The summed E-state index contributed by atoms with van der Waals surface area (Å²) in [5, 5.41) is 8.35. The molecule has 0 aliphatic carbocycles. The number of hydrogen-bond acceptors (Lipinski definition) is 6. The van der Waals surface area contributed by atoms with E-state index in [0.717, 1.165) is 34.5 Å². The molecule has 0 unspecified atom stereocenters. The lowest BCUT2D eigenvalue weighted by Crippen LogP contribution is -2.32. The molecule has 1 aromatic heterocycles. The standard InChI is InChI=1S/C29H25F3N6O2S2/c1-18-15-23(40-2)11-12-24(18)38-25(39)16-42-28(38)35-27(41)33-14-13-19-3-5-20(6-4-19)26-34-17-37(36-26)22-9-7-21(8-10-22)29(30,31)32/h3-12,15,17H,13-14,16H2,1-2H3,(H,33,41)/b35-28-. The molecule has 42 heavy (non-hydrogen) atoms. The number of aliphatic imine (C=N–C) groups is 1. The Balaban J connectivity index is 1.17. The number of nitrogens with zero attached hydrogens (tertiary/aromatic N) is 5. The second-order valence-corrected chi connectivity index (χ2v) is 10.6. The maximum Gasteiger partial charge on any atom is 0.416 e. The van der Waals surface area contributed by atoms with Crippen molar-refractivity contribution in [3.63, 3.8) is 0 Å². The second kappa shape index (κ2) is 12.3. The van der Waals surface area contributed by atoms with E-state index in [4.69, 9.17) is 17.0 Å². The average molecular weight is 611 g/mol. The first-order valence-corrected chi connectivity index (χ1v) is 14.2. The van der Waals surface area contributed by atoms with E-state index in [9.17, 15) is 18.0 Å². The number of carbonyl (C=O) groups is 1. The molecule has 3 aromatic carbocycles. The number of ether oxygens (including phenoxy) is 1. The third-order valence-corrected chi connectivity index (χ3v) is 7.62. The van der Waals surface area contributed by atoms with E-state index in [2.05, 4.69) is 20.4 Å². The Morgan fingerprint density at radius 2 is 1.86 bits per heavy atom. The first-order chi connectivity index (χ1) is 20.1. The van der Waals surface area contributed by atoms with Gasteiger partial charge < -0.3 is 10.1 Å². The molecule has 1 amide bonds. The molecule has 0 spiro atoms. The molecule has 1 saturated heterocycles. The van der Waals surface area contributed by atoms with E-state index in [-0.39, 0.29) is 16.8 Å². The number of aryl methyl sites for hydroxylation is 1. The first-order valence-electron chi connectivity index (χ1n) is 12.8. The molecule has 13 heteroatoms. The van der Waals surface area contributed by atoms with Crippen molar-refractivity contribution in [3.8, 4) is 22.8 Å². The number of alkyl halides is 3. The summed E-state index contributed by atoms with van der Waals surface area (Å²) in [6, 6.07) is 17.9. The van der Waals surface area contributed by atoms with Crippen LogP contribution in [0, 0.1) is 6.92 Å². The summed E-state index contributed by atoms with van der Waals surface area (Å²) >= 11 is 6.77. The maximum absolute atomic E-state index is 12.8. The molecule has 216 valence electrons. The minimum Gasteiger partial charge on any atom is -0.497 e. The van der Waals surface area contributed by atoms with Crippen molar-refractivity contribution in [2.24, 2.45) is 4.99 Å². The van der Waals surface area contributed by atoms with Crippen LogP contribution in [0.5, 0.6) is 5.75 Å². The van der Waals surface area contributed by atoms with E-state index in [0.29, 0.717) is 35.4 Å². The molecule has 1 fully saturated rings. The minimum atomic E-state index is -4.39.